The molecule has 5 heteroatoms. The number of nitrogens with zero attached hydrogens (tertiary/aromatic N) is 1. The molecule has 0 fully saturated rings. The maximum atomic E-state index is 8.46. The molecule has 0 radical (unpaired) electrons. The molecule has 1 rings (SSSR count). The topological polar surface area (TPSA) is 67.8 Å². The van der Waals surface area contributed by atoms with Crippen LogP contribution in [0.5, 0.6) is 0 Å². The quantitative estimate of drug-likeness (QED) is 0.333. The van der Waals surface area contributed by atoms with Crippen LogP contribution in [0.4, 0.5) is 0 Å². The average molecular weight is 242 g/mol. The molecule has 1 atom stereocenters. The summed E-state index contributed by atoms with van der Waals surface area (Å²) in [6, 6.07) is 4.13. The molecule has 0 spiro atoms. The summed E-state index contributed by atoms with van der Waals surface area (Å²) < 4.78 is 5.67. The Morgan fingerprint density at radius 3 is 3.06 bits per heavy atom. The number of ether oxygens (including phenoxy) is 1. The van der Waals surface area contributed by atoms with Crippen molar-refractivity contribution in [2.45, 2.75) is 32.3 Å². The standard InChI is InChI=1S/C11H18N2O2S/c1-2-9(8-11(12)13-14)15-6-5-10-4-3-7-16-10/h3-4,7,9,14H,2,5-6,8H2,1H3,(H2,12,13). The van der Waals surface area contributed by atoms with E-state index in [0.29, 0.717) is 13.0 Å². The number of hydrogen-bond acceptors (Lipinski definition) is 4. The Kier molecular flexibility index (Phi) is 5.88. The molecule has 0 aliphatic rings. The van der Waals surface area contributed by atoms with E-state index in [1.54, 1.807) is 11.3 Å². The Morgan fingerprint density at radius 1 is 1.69 bits per heavy atom. The SMILES string of the molecule is CCC(C/C(N)=N/O)OCCc1cccs1. The van der Waals surface area contributed by atoms with Gasteiger partial charge in [0.15, 0.2) is 0 Å². The predicted molar refractivity (Wildman–Crippen MR) is 66.1 cm³/mol. The Morgan fingerprint density at radius 2 is 2.50 bits per heavy atom. The van der Waals surface area contributed by atoms with Crippen molar-refractivity contribution in [3.63, 3.8) is 0 Å². The van der Waals surface area contributed by atoms with Gasteiger partial charge in [-0.15, -0.1) is 11.3 Å². The first-order chi connectivity index (χ1) is 7.76. The van der Waals surface area contributed by atoms with Crippen molar-refractivity contribution < 1.29 is 9.94 Å². The smallest absolute Gasteiger partial charge is 0.141 e. The minimum atomic E-state index is 0.0378. The number of hydrogen-bond donors (Lipinski definition) is 2. The molecular formula is C11H18N2O2S. The van der Waals surface area contributed by atoms with E-state index in [1.165, 1.54) is 4.88 Å². The Hall–Kier alpha value is -1.07. The van der Waals surface area contributed by atoms with Gasteiger partial charge in [-0.1, -0.05) is 18.1 Å². The molecule has 0 aromatic carbocycles. The van der Waals surface area contributed by atoms with E-state index in [9.17, 15) is 0 Å². The minimum absolute atomic E-state index is 0.0378. The van der Waals surface area contributed by atoms with Gasteiger partial charge in [0.05, 0.1) is 12.7 Å². The van der Waals surface area contributed by atoms with E-state index in [4.69, 9.17) is 15.7 Å². The molecule has 3 N–H and O–H groups in total. The van der Waals surface area contributed by atoms with Gasteiger partial charge in [-0.05, 0) is 17.9 Å². The van der Waals surface area contributed by atoms with Crippen LogP contribution in [0.15, 0.2) is 22.7 Å². The summed E-state index contributed by atoms with van der Waals surface area (Å²) in [5.74, 6) is 0.225. The summed E-state index contributed by atoms with van der Waals surface area (Å²) in [5, 5.41) is 13.5. The van der Waals surface area contributed by atoms with Gasteiger partial charge in [-0.25, -0.2) is 0 Å². The number of oxime groups is 1. The number of thiophene rings is 1. The van der Waals surface area contributed by atoms with Crippen LogP contribution in [0.2, 0.25) is 0 Å². The lowest BCUT2D eigenvalue weighted by molar-refractivity contribution is 0.0575. The summed E-state index contributed by atoms with van der Waals surface area (Å²) in [5.41, 5.74) is 5.44. The Balaban J connectivity index is 2.23. The van der Waals surface area contributed by atoms with Gasteiger partial charge >= 0.3 is 0 Å². The first kappa shape index (κ1) is 13.0. The molecule has 0 aliphatic carbocycles. The monoisotopic (exact) mass is 242 g/mol. The summed E-state index contributed by atoms with van der Waals surface area (Å²) in [7, 11) is 0. The highest BCUT2D eigenvalue weighted by atomic mass is 32.1. The Bertz CT molecular complexity index is 312. The van der Waals surface area contributed by atoms with Crippen LogP contribution in [0.1, 0.15) is 24.6 Å². The lowest BCUT2D eigenvalue weighted by Crippen LogP contribution is -2.23. The fourth-order valence-electron chi connectivity index (χ4n) is 1.38. The number of amidine groups is 1. The second kappa shape index (κ2) is 7.24. The third-order valence-electron chi connectivity index (χ3n) is 2.30. The molecular weight excluding hydrogens is 224 g/mol. The van der Waals surface area contributed by atoms with Crippen molar-refractivity contribution in [2.75, 3.05) is 6.61 Å². The third-order valence-corrected chi connectivity index (χ3v) is 3.24. The molecule has 1 heterocycles. The first-order valence-electron chi connectivity index (χ1n) is 5.36. The Labute approximate surface area is 99.7 Å². The van der Waals surface area contributed by atoms with Gasteiger partial charge in [0.1, 0.15) is 5.84 Å². The van der Waals surface area contributed by atoms with Crippen molar-refractivity contribution in [3.05, 3.63) is 22.4 Å². The molecule has 1 aromatic rings. The third kappa shape index (κ3) is 4.63. The minimum Gasteiger partial charge on any atom is -0.409 e. The van der Waals surface area contributed by atoms with E-state index < -0.39 is 0 Å². The fourth-order valence-corrected chi connectivity index (χ4v) is 2.07. The van der Waals surface area contributed by atoms with Crippen molar-refractivity contribution in [2.24, 2.45) is 10.9 Å². The van der Waals surface area contributed by atoms with E-state index in [2.05, 4.69) is 16.6 Å². The molecule has 1 unspecified atom stereocenters. The second-order valence-corrected chi connectivity index (χ2v) is 4.56. The number of rotatable bonds is 7. The highest BCUT2D eigenvalue weighted by Crippen LogP contribution is 2.11. The van der Waals surface area contributed by atoms with Crippen molar-refractivity contribution in [1.82, 2.24) is 0 Å². The fraction of sp³-hybridized carbons (Fsp3) is 0.545. The van der Waals surface area contributed by atoms with Crippen LogP contribution >= 0.6 is 11.3 Å². The number of nitrogens with two attached hydrogens (primary N) is 1. The molecule has 1 aromatic heterocycles. The highest BCUT2D eigenvalue weighted by molar-refractivity contribution is 7.09. The average Bonchev–Trinajstić information content (AvgIpc) is 2.80. The zero-order valence-corrected chi connectivity index (χ0v) is 10.2. The van der Waals surface area contributed by atoms with Gasteiger partial charge in [0.2, 0.25) is 0 Å². The van der Waals surface area contributed by atoms with E-state index in [1.807, 2.05) is 13.0 Å². The van der Waals surface area contributed by atoms with Crippen LogP contribution < -0.4 is 5.73 Å². The van der Waals surface area contributed by atoms with Crippen molar-refractivity contribution >= 4 is 17.2 Å². The highest BCUT2D eigenvalue weighted by Gasteiger charge is 2.09. The van der Waals surface area contributed by atoms with Gasteiger partial charge in [0.25, 0.3) is 0 Å². The van der Waals surface area contributed by atoms with Gasteiger partial charge in [-0.3, -0.25) is 0 Å². The molecule has 16 heavy (non-hydrogen) atoms. The van der Waals surface area contributed by atoms with Gasteiger partial charge in [-0.2, -0.15) is 0 Å². The maximum Gasteiger partial charge on any atom is 0.141 e. The van der Waals surface area contributed by atoms with Gasteiger partial charge < -0.3 is 15.7 Å². The zero-order chi connectivity index (χ0) is 11.8. The molecule has 4 nitrogen and oxygen atoms in total. The second-order valence-electron chi connectivity index (χ2n) is 3.53. The van der Waals surface area contributed by atoms with E-state index >= 15 is 0 Å². The van der Waals surface area contributed by atoms with Crippen LogP contribution in [-0.2, 0) is 11.2 Å². The van der Waals surface area contributed by atoms with Crippen molar-refractivity contribution in [1.29, 1.82) is 0 Å². The van der Waals surface area contributed by atoms with Crippen LogP contribution in [0.3, 0.4) is 0 Å². The molecule has 0 saturated heterocycles. The molecule has 0 amide bonds. The molecule has 0 bridgehead atoms. The normalized spacial score (nSPS) is 13.9. The largest absolute Gasteiger partial charge is 0.409 e. The lowest BCUT2D eigenvalue weighted by Gasteiger charge is -2.14. The van der Waals surface area contributed by atoms with Gasteiger partial charge in [0, 0.05) is 17.7 Å². The van der Waals surface area contributed by atoms with E-state index in [-0.39, 0.29) is 11.9 Å². The summed E-state index contributed by atoms with van der Waals surface area (Å²) in [6.07, 6.45) is 2.30. The maximum absolute atomic E-state index is 8.46. The predicted octanol–water partition coefficient (Wildman–Crippen LogP) is 2.22. The van der Waals surface area contributed by atoms with Crippen LogP contribution in [-0.4, -0.2) is 23.8 Å². The first-order valence-corrected chi connectivity index (χ1v) is 6.24. The summed E-state index contributed by atoms with van der Waals surface area (Å²) in [6.45, 7) is 2.71. The molecule has 90 valence electrons. The lowest BCUT2D eigenvalue weighted by atomic mass is 10.2. The summed E-state index contributed by atoms with van der Waals surface area (Å²) in [4.78, 5) is 1.32. The van der Waals surface area contributed by atoms with Crippen LogP contribution in [0, 0.1) is 0 Å². The van der Waals surface area contributed by atoms with Crippen molar-refractivity contribution in [3.8, 4) is 0 Å². The van der Waals surface area contributed by atoms with E-state index in [0.717, 1.165) is 12.8 Å². The molecule has 0 saturated carbocycles. The zero-order valence-electron chi connectivity index (χ0n) is 9.43. The summed E-state index contributed by atoms with van der Waals surface area (Å²) >= 11 is 1.73. The molecule has 0 aliphatic heterocycles. The van der Waals surface area contributed by atoms with Crippen LogP contribution in [0.25, 0.3) is 0 Å².